The van der Waals surface area contributed by atoms with Crippen LogP contribution in [0.25, 0.3) is 0 Å². The number of hydrogen-bond donors (Lipinski definition) is 2. The molecule has 6 aromatic rings. The first-order valence-corrected chi connectivity index (χ1v) is 17.8. The van der Waals surface area contributed by atoms with Crippen LogP contribution in [0.2, 0.25) is 0 Å². The SMILES string of the molecule is O=C(Oc1c2cccc1Cc1cccc(c1O)Cc1cccc(c1OC(=O)c1cc([N+](=O)[O-])cc([N+](=O)[O-])c1)Cc1cccc(c1O)C2)c1cc([N+](=O)[O-])cc([N+](=O)[O-])c1. The lowest BCUT2D eigenvalue weighted by molar-refractivity contribution is -0.394. The summed E-state index contributed by atoms with van der Waals surface area (Å²) in [5.74, 6) is -2.66. The summed E-state index contributed by atoms with van der Waals surface area (Å²) in [7, 11) is 0. The predicted octanol–water partition coefficient (Wildman–Crippen LogP) is 7.85. The van der Waals surface area contributed by atoms with Gasteiger partial charge in [0.2, 0.25) is 0 Å². The van der Waals surface area contributed by atoms with Gasteiger partial charge in [-0.15, -0.1) is 0 Å². The topological polar surface area (TPSA) is 266 Å². The van der Waals surface area contributed by atoms with Gasteiger partial charge in [-0.2, -0.15) is 0 Å². The number of rotatable bonds is 8. The Morgan fingerprint density at radius 1 is 0.417 bits per heavy atom. The van der Waals surface area contributed by atoms with Gasteiger partial charge in [0.15, 0.2) is 0 Å². The number of para-hydroxylation sites is 4. The summed E-state index contributed by atoms with van der Waals surface area (Å²) < 4.78 is 11.8. The highest BCUT2D eigenvalue weighted by Crippen LogP contribution is 2.39. The first kappa shape index (κ1) is 39.7. The summed E-state index contributed by atoms with van der Waals surface area (Å²) in [6.07, 6.45) is -0.204. The Morgan fingerprint density at radius 3 is 0.883 bits per heavy atom. The number of non-ortho nitro benzene ring substituents is 4. The Kier molecular flexibility index (Phi) is 10.7. The number of carbonyl (C=O) groups excluding carboxylic acids is 2. The molecule has 0 atom stereocenters. The lowest BCUT2D eigenvalue weighted by Gasteiger charge is -2.19. The van der Waals surface area contributed by atoms with Gasteiger partial charge in [0.1, 0.15) is 23.0 Å². The number of phenolic OH excluding ortho intramolecular Hbond substituents is 2. The molecule has 1 aliphatic rings. The van der Waals surface area contributed by atoms with Gasteiger partial charge in [-0.25, -0.2) is 9.59 Å². The van der Waals surface area contributed by atoms with Crippen LogP contribution in [-0.2, 0) is 25.7 Å². The van der Waals surface area contributed by atoms with E-state index in [1.165, 1.54) is 0 Å². The molecule has 1 aliphatic carbocycles. The smallest absolute Gasteiger partial charge is 0.344 e. The van der Waals surface area contributed by atoms with Gasteiger partial charge in [-0.3, -0.25) is 40.5 Å². The first-order chi connectivity index (χ1) is 28.7. The quantitative estimate of drug-likeness (QED) is 0.0640. The largest absolute Gasteiger partial charge is 0.507 e. The Labute approximate surface area is 337 Å². The molecule has 0 spiro atoms. The van der Waals surface area contributed by atoms with Crippen LogP contribution in [0.5, 0.6) is 23.0 Å². The zero-order valence-electron chi connectivity index (χ0n) is 30.8. The molecule has 6 aromatic carbocycles. The van der Waals surface area contributed by atoms with Crippen LogP contribution in [0.4, 0.5) is 22.7 Å². The van der Waals surface area contributed by atoms with Gasteiger partial charge >= 0.3 is 11.9 Å². The van der Waals surface area contributed by atoms with E-state index in [0.717, 1.165) is 24.3 Å². The van der Waals surface area contributed by atoms with E-state index in [1.54, 1.807) is 72.8 Å². The summed E-state index contributed by atoms with van der Waals surface area (Å²) in [5, 5.41) is 69.7. The highest BCUT2D eigenvalue weighted by Gasteiger charge is 2.27. The fourth-order valence-electron chi connectivity index (χ4n) is 6.93. The van der Waals surface area contributed by atoms with Crippen LogP contribution in [0.3, 0.4) is 0 Å². The number of hydrogen-bond acceptors (Lipinski definition) is 14. The third kappa shape index (κ3) is 8.14. The summed E-state index contributed by atoms with van der Waals surface area (Å²) in [6, 6.07) is 24.5. The fraction of sp³-hybridized carbons (Fsp3) is 0.0952. The monoisotopic (exact) mass is 812 g/mol. The molecular formula is C42H28N4O14. The van der Waals surface area contributed by atoms with Crippen LogP contribution < -0.4 is 9.47 Å². The van der Waals surface area contributed by atoms with Crippen molar-refractivity contribution in [2.45, 2.75) is 25.7 Å². The average molecular weight is 813 g/mol. The zero-order chi connectivity index (χ0) is 42.8. The van der Waals surface area contributed by atoms with Gasteiger partial charge in [-0.05, 0) is 44.5 Å². The van der Waals surface area contributed by atoms with Crippen LogP contribution >= 0.6 is 0 Å². The van der Waals surface area contributed by atoms with E-state index in [-0.39, 0.29) is 48.7 Å². The minimum absolute atomic E-state index is 0.0147. The van der Waals surface area contributed by atoms with Crippen molar-refractivity contribution in [2.75, 3.05) is 0 Å². The van der Waals surface area contributed by atoms with Crippen molar-refractivity contribution in [1.82, 2.24) is 0 Å². The van der Waals surface area contributed by atoms with Crippen molar-refractivity contribution in [3.63, 3.8) is 0 Å². The second-order valence-corrected chi connectivity index (χ2v) is 13.7. The normalized spacial score (nSPS) is 11.9. The van der Waals surface area contributed by atoms with E-state index in [0.29, 0.717) is 56.6 Å². The molecule has 60 heavy (non-hydrogen) atoms. The lowest BCUT2D eigenvalue weighted by atomic mass is 9.91. The van der Waals surface area contributed by atoms with E-state index in [1.807, 2.05) is 0 Å². The molecule has 0 amide bonds. The molecule has 0 saturated carbocycles. The summed E-state index contributed by atoms with van der Waals surface area (Å²) >= 11 is 0. The molecule has 0 aliphatic heterocycles. The molecular weight excluding hydrogens is 784 g/mol. The van der Waals surface area contributed by atoms with Crippen molar-refractivity contribution < 1.29 is 49.0 Å². The van der Waals surface area contributed by atoms with E-state index in [9.17, 15) is 60.3 Å². The maximum absolute atomic E-state index is 13.7. The van der Waals surface area contributed by atoms with Crippen molar-refractivity contribution >= 4 is 34.7 Å². The van der Waals surface area contributed by atoms with E-state index < -0.39 is 65.5 Å². The van der Waals surface area contributed by atoms with Crippen molar-refractivity contribution in [3.8, 4) is 23.0 Å². The third-order valence-electron chi connectivity index (χ3n) is 9.80. The highest BCUT2D eigenvalue weighted by atomic mass is 16.6. The summed E-state index contributed by atoms with van der Waals surface area (Å²) in [6.45, 7) is 0. The van der Waals surface area contributed by atoms with Crippen molar-refractivity contribution in [2.24, 2.45) is 0 Å². The number of nitro groups is 4. The Bertz CT molecular complexity index is 2480. The number of ether oxygens (including phenoxy) is 2. The summed E-state index contributed by atoms with van der Waals surface area (Å²) in [5.41, 5.74) is -0.899. The number of nitro benzene ring substituents is 4. The molecule has 0 aromatic heterocycles. The summed E-state index contributed by atoms with van der Waals surface area (Å²) in [4.78, 5) is 70.2. The number of fused-ring (bicyclic) bond motifs is 8. The predicted molar refractivity (Wildman–Crippen MR) is 210 cm³/mol. The Balaban J connectivity index is 1.34. The third-order valence-corrected chi connectivity index (χ3v) is 9.80. The standard InChI is InChI=1S/C42H28N4O14/c47-37-23-5-1-6-24(37)14-28-10-4-12-30(40(28)60-42(50)32-19-35(45(55)56)22-36(20-32)46(57)58)16-26-8-2-7-25(38(26)48)15-29-11-3-9-27(13-23)39(29)59-41(49)31-17-33(43(51)52)21-34(18-31)44(53)54/h1-12,17-22,47-48H,13-16H2. The maximum Gasteiger partial charge on any atom is 0.344 e. The average Bonchev–Trinajstić information content (AvgIpc) is 3.22. The second kappa shape index (κ2) is 16.1. The van der Waals surface area contributed by atoms with Gasteiger partial charge in [0, 0.05) is 49.9 Å². The minimum Gasteiger partial charge on any atom is -0.507 e. The molecule has 8 bridgehead atoms. The van der Waals surface area contributed by atoms with Crippen LogP contribution in [-0.4, -0.2) is 41.8 Å². The Hall–Kier alpha value is -8.54. The maximum atomic E-state index is 13.7. The van der Waals surface area contributed by atoms with Gasteiger partial charge in [0.25, 0.3) is 22.7 Å². The van der Waals surface area contributed by atoms with E-state index >= 15 is 0 Å². The van der Waals surface area contributed by atoms with Gasteiger partial charge < -0.3 is 19.7 Å². The first-order valence-electron chi connectivity index (χ1n) is 17.8. The molecule has 18 heteroatoms. The molecule has 0 saturated heterocycles. The van der Waals surface area contributed by atoms with Crippen LogP contribution in [0.15, 0.2) is 109 Å². The molecule has 300 valence electrons. The molecule has 0 radical (unpaired) electrons. The van der Waals surface area contributed by atoms with Gasteiger partial charge in [-0.1, -0.05) is 72.8 Å². The lowest BCUT2D eigenvalue weighted by Crippen LogP contribution is -2.13. The fourth-order valence-corrected chi connectivity index (χ4v) is 6.93. The second-order valence-electron chi connectivity index (χ2n) is 13.7. The molecule has 0 unspecified atom stereocenters. The van der Waals surface area contributed by atoms with E-state index in [4.69, 9.17) is 9.47 Å². The minimum atomic E-state index is -1.14. The number of phenols is 2. The highest BCUT2D eigenvalue weighted by molar-refractivity contribution is 5.94. The number of aromatic hydroxyl groups is 2. The van der Waals surface area contributed by atoms with Crippen LogP contribution in [0.1, 0.15) is 65.2 Å². The van der Waals surface area contributed by atoms with Crippen molar-refractivity contribution in [1.29, 1.82) is 0 Å². The molecule has 18 nitrogen and oxygen atoms in total. The molecule has 2 N–H and O–H groups in total. The molecule has 0 heterocycles. The number of esters is 2. The van der Waals surface area contributed by atoms with Crippen molar-refractivity contribution in [3.05, 3.63) is 205 Å². The Morgan fingerprint density at radius 2 is 0.650 bits per heavy atom. The molecule has 7 rings (SSSR count). The zero-order valence-corrected chi connectivity index (χ0v) is 30.8. The van der Waals surface area contributed by atoms with E-state index in [2.05, 4.69) is 0 Å². The van der Waals surface area contributed by atoms with Gasteiger partial charge in [0.05, 0.1) is 43.0 Å². The van der Waals surface area contributed by atoms with Crippen LogP contribution in [0, 0.1) is 40.5 Å². The number of benzene rings is 6. The number of nitrogens with zero attached hydrogens (tertiary/aromatic N) is 4. The number of carbonyl (C=O) groups is 2. The molecule has 0 fully saturated rings.